The molecule has 6 nitrogen and oxygen atoms in total. The maximum Gasteiger partial charge on any atom is 0.311 e. The van der Waals surface area contributed by atoms with Crippen molar-refractivity contribution < 1.29 is 24.2 Å². The molecule has 0 fully saturated rings. The molecule has 1 heterocycles. The highest BCUT2D eigenvalue weighted by Crippen LogP contribution is 2.27. The van der Waals surface area contributed by atoms with Crippen LogP contribution in [0, 0.1) is 6.92 Å². The zero-order chi connectivity index (χ0) is 23.6. The second-order valence-electron chi connectivity index (χ2n) is 8.50. The third kappa shape index (κ3) is 11.6. The third-order valence-electron chi connectivity index (χ3n) is 5.64. The van der Waals surface area contributed by atoms with Gasteiger partial charge in [-0.2, -0.15) is 0 Å². The molecule has 1 rings (SSSR count). The largest absolute Gasteiger partial charge is 0.461 e. The fourth-order valence-electron chi connectivity index (χ4n) is 3.59. The fraction of sp³-hybridized carbons (Fsp3) is 0.731. The first kappa shape index (κ1) is 28.1. The summed E-state index contributed by atoms with van der Waals surface area (Å²) in [5.41, 5.74) is 1.57. The van der Waals surface area contributed by atoms with Crippen molar-refractivity contribution in [1.82, 2.24) is 4.98 Å². The van der Waals surface area contributed by atoms with Crippen molar-refractivity contribution in [3.8, 4) is 5.75 Å². The van der Waals surface area contributed by atoms with Crippen molar-refractivity contribution in [3.63, 3.8) is 0 Å². The van der Waals surface area contributed by atoms with Crippen LogP contribution >= 0.6 is 0 Å². The number of rotatable bonds is 18. The number of aliphatic hydroxyl groups excluding tert-OH is 1. The van der Waals surface area contributed by atoms with Gasteiger partial charge in [0.15, 0.2) is 5.75 Å². The van der Waals surface area contributed by atoms with Crippen LogP contribution in [0.5, 0.6) is 5.75 Å². The normalized spacial score (nSPS) is 10.9. The number of carbonyl (C=O) groups excluding carboxylic acids is 2. The van der Waals surface area contributed by atoms with E-state index in [9.17, 15) is 14.7 Å². The molecule has 0 bridgehead atoms. The fourth-order valence-corrected chi connectivity index (χ4v) is 3.59. The minimum atomic E-state index is -0.319. The molecule has 0 unspecified atom stereocenters. The minimum absolute atomic E-state index is 0.0342. The molecule has 0 saturated heterocycles. The summed E-state index contributed by atoms with van der Waals surface area (Å²) in [4.78, 5) is 28.8. The smallest absolute Gasteiger partial charge is 0.311 e. The highest BCUT2D eigenvalue weighted by atomic mass is 16.5. The number of esters is 2. The Morgan fingerprint density at radius 1 is 0.844 bits per heavy atom. The molecular weight excluding hydrogens is 406 g/mol. The molecule has 32 heavy (non-hydrogen) atoms. The van der Waals surface area contributed by atoms with Gasteiger partial charge in [0.2, 0.25) is 0 Å². The summed E-state index contributed by atoms with van der Waals surface area (Å²) in [5, 5.41) is 9.70. The molecule has 0 aliphatic heterocycles. The monoisotopic (exact) mass is 449 g/mol. The van der Waals surface area contributed by atoms with Gasteiger partial charge in [-0.3, -0.25) is 14.6 Å². The second-order valence-corrected chi connectivity index (χ2v) is 8.50. The highest BCUT2D eigenvalue weighted by Gasteiger charge is 2.18. The van der Waals surface area contributed by atoms with Crippen LogP contribution in [0.3, 0.4) is 0 Å². The summed E-state index contributed by atoms with van der Waals surface area (Å²) in [6, 6.07) is 0. The first-order valence-electron chi connectivity index (χ1n) is 12.5. The van der Waals surface area contributed by atoms with Gasteiger partial charge in [0, 0.05) is 30.2 Å². The SMILES string of the molecule is CCCCCCCCC(=O)OCc1c(CO)cnc(C)c1OC(=O)CCCCCCCC. The average molecular weight is 450 g/mol. The van der Waals surface area contributed by atoms with Crippen molar-refractivity contribution in [2.75, 3.05) is 0 Å². The lowest BCUT2D eigenvalue weighted by molar-refractivity contribution is -0.145. The number of carbonyl (C=O) groups is 2. The first-order valence-corrected chi connectivity index (χ1v) is 12.5. The zero-order valence-corrected chi connectivity index (χ0v) is 20.4. The van der Waals surface area contributed by atoms with E-state index in [2.05, 4.69) is 18.8 Å². The second kappa shape index (κ2) is 17.6. The van der Waals surface area contributed by atoms with Crippen molar-refractivity contribution in [2.45, 2.75) is 124 Å². The predicted molar refractivity (Wildman–Crippen MR) is 126 cm³/mol. The number of aryl methyl sites for hydroxylation is 1. The standard InChI is InChI=1S/C26H43NO5/c1-4-6-8-10-12-14-16-24(29)31-20-23-22(19-28)18-27-21(3)26(23)32-25(30)17-15-13-11-9-7-5-2/h18,28H,4-17,19-20H2,1-3H3. The average Bonchev–Trinajstić information content (AvgIpc) is 2.78. The maximum atomic E-state index is 12.4. The number of aromatic nitrogens is 1. The molecule has 1 aromatic rings. The summed E-state index contributed by atoms with van der Waals surface area (Å²) in [7, 11) is 0. The summed E-state index contributed by atoms with van der Waals surface area (Å²) < 4.78 is 11.1. The summed E-state index contributed by atoms with van der Waals surface area (Å²) >= 11 is 0. The lowest BCUT2D eigenvalue weighted by Gasteiger charge is -2.16. The van der Waals surface area contributed by atoms with Crippen LogP contribution in [0.4, 0.5) is 0 Å². The van der Waals surface area contributed by atoms with Crippen molar-refractivity contribution in [3.05, 3.63) is 23.0 Å². The number of unbranched alkanes of at least 4 members (excludes halogenated alkanes) is 10. The van der Waals surface area contributed by atoms with Crippen LogP contribution in [0.2, 0.25) is 0 Å². The van der Waals surface area contributed by atoms with Gasteiger partial charge in [-0.05, 0) is 19.8 Å². The van der Waals surface area contributed by atoms with Gasteiger partial charge < -0.3 is 14.6 Å². The van der Waals surface area contributed by atoms with Gasteiger partial charge in [0.1, 0.15) is 6.61 Å². The van der Waals surface area contributed by atoms with E-state index in [0.29, 0.717) is 35.4 Å². The summed E-state index contributed by atoms with van der Waals surface area (Å²) in [5.74, 6) is -0.289. The molecule has 0 aliphatic rings. The lowest BCUT2D eigenvalue weighted by atomic mass is 10.1. The summed E-state index contributed by atoms with van der Waals surface area (Å²) in [6.07, 6.45) is 15.4. The zero-order valence-electron chi connectivity index (χ0n) is 20.4. The topological polar surface area (TPSA) is 85.7 Å². The molecule has 0 saturated carbocycles. The molecule has 1 aromatic heterocycles. The van der Waals surface area contributed by atoms with Crippen LogP contribution in [-0.4, -0.2) is 22.0 Å². The van der Waals surface area contributed by atoms with Crippen molar-refractivity contribution in [1.29, 1.82) is 0 Å². The molecule has 0 radical (unpaired) electrons. The van der Waals surface area contributed by atoms with E-state index in [1.54, 1.807) is 6.92 Å². The first-order chi connectivity index (χ1) is 15.5. The Labute approximate surface area is 194 Å². The molecule has 182 valence electrons. The van der Waals surface area contributed by atoms with Crippen LogP contribution in [-0.2, 0) is 27.5 Å². The van der Waals surface area contributed by atoms with Gasteiger partial charge in [0.05, 0.1) is 12.3 Å². The number of ether oxygens (including phenoxy) is 2. The molecular formula is C26H43NO5. The van der Waals surface area contributed by atoms with E-state index in [1.165, 1.54) is 44.7 Å². The Balaban J connectivity index is 2.58. The van der Waals surface area contributed by atoms with Crippen LogP contribution < -0.4 is 4.74 Å². The number of hydrogen-bond donors (Lipinski definition) is 1. The van der Waals surface area contributed by atoms with E-state index >= 15 is 0 Å². The van der Waals surface area contributed by atoms with Crippen molar-refractivity contribution >= 4 is 11.9 Å². The maximum absolute atomic E-state index is 12.4. The van der Waals surface area contributed by atoms with Crippen LogP contribution in [0.1, 0.15) is 121 Å². The molecule has 0 atom stereocenters. The Hall–Kier alpha value is -1.95. The minimum Gasteiger partial charge on any atom is -0.461 e. The molecule has 6 heteroatoms. The Morgan fingerprint density at radius 2 is 1.38 bits per heavy atom. The molecule has 0 spiro atoms. The Morgan fingerprint density at radius 3 is 1.94 bits per heavy atom. The van der Waals surface area contributed by atoms with E-state index in [1.807, 2.05) is 0 Å². The molecule has 0 amide bonds. The molecule has 0 aliphatic carbocycles. The van der Waals surface area contributed by atoms with Gasteiger partial charge in [-0.15, -0.1) is 0 Å². The summed E-state index contributed by atoms with van der Waals surface area (Å²) in [6.45, 7) is 5.81. The number of hydrogen-bond acceptors (Lipinski definition) is 6. The van der Waals surface area contributed by atoms with Gasteiger partial charge in [-0.1, -0.05) is 78.1 Å². The quantitative estimate of drug-likeness (QED) is 0.208. The van der Waals surface area contributed by atoms with E-state index in [4.69, 9.17) is 9.47 Å². The Kier molecular flexibility index (Phi) is 15.4. The lowest BCUT2D eigenvalue weighted by Crippen LogP contribution is -2.14. The van der Waals surface area contributed by atoms with E-state index < -0.39 is 0 Å². The molecule has 0 aromatic carbocycles. The van der Waals surface area contributed by atoms with Gasteiger partial charge in [0.25, 0.3) is 0 Å². The third-order valence-corrected chi connectivity index (χ3v) is 5.64. The number of pyridine rings is 1. The molecule has 1 N–H and O–H groups in total. The van der Waals surface area contributed by atoms with E-state index in [0.717, 1.165) is 38.5 Å². The van der Waals surface area contributed by atoms with Crippen LogP contribution in [0.25, 0.3) is 0 Å². The van der Waals surface area contributed by atoms with Crippen molar-refractivity contribution in [2.24, 2.45) is 0 Å². The van der Waals surface area contributed by atoms with E-state index in [-0.39, 0.29) is 25.2 Å². The van der Waals surface area contributed by atoms with Gasteiger partial charge in [-0.25, -0.2) is 0 Å². The predicted octanol–water partition coefficient (Wildman–Crippen LogP) is 6.33. The Bertz CT molecular complexity index is 674. The van der Waals surface area contributed by atoms with Gasteiger partial charge >= 0.3 is 11.9 Å². The number of aliphatic hydroxyl groups is 1. The number of nitrogens with zero attached hydrogens (tertiary/aromatic N) is 1. The van der Waals surface area contributed by atoms with Crippen LogP contribution in [0.15, 0.2) is 6.20 Å². The highest BCUT2D eigenvalue weighted by molar-refractivity contribution is 5.73.